The van der Waals surface area contributed by atoms with Crippen LogP contribution in [0, 0.1) is 12.3 Å². The number of carboxylic acids is 1. The zero-order valence-electron chi connectivity index (χ0n) is 15.9. The van der Waals surface area contributed by atoms with Crippen LogP contribution in [-0.4, -0.2) is 29.4 Å². The number of anilines is 1. The van der Waals surface area contributed by atoms with Crippen LogP contribution in [0.3, 0.4) is 0 Å². The zero-order valence-corrected chi connectivity index (χ0v) is 15.9. The summed E-state index contributed by atoms with van der Waals surface area (Å²) >= 11 is 0. The van der Waals surface area contributed by atoms with E-state index in [1.54, 1.807) is 43.3 Å². The second-order valence-electron chi connectivity index (χ2n) is 7.61. The van der Waals surface area contributed by atoms with Crippen LogP contribution >= 0.6 is 0 Å². The van der Waals surface area contributed by atoms with Crippen LogP contribution in [0.25, 0.3) is 0 Å². The maximum Gasteiger partial charge on any atom is 0.335 e. The van der Waals surface area contributed by atoms with Gasteiger partial charge in [-0.1, -0.05) is 20.8 Å². The highest BCUT2D eigenvalue weighted by Crippen LogP contribution is 2.17. The number of carbonyl (C=O) groups is 3. The summed E-state index contributed by atoms with van der Waals surface area (Å²) in [6, 6.07) is 11.0. The summed E-state index contributed by atoms with van der Waals surface area (Å²) < 4.78 is 0. The Kier molecular flexibility index (Phi) is 6.00. The van der Waals surface area contributed by atoms with E-state index in [1.165, 1.54) is 6.07 Å². The fourth-order valence-electron chi connectivity index (χ4n) is 2.41. The van der Waals surface area contributed by atoms with Crippen molar-refractivity contribution in [2.75, 3.05) is 11.9 Å². The molecule has 0 heterocycles. The first-order chi connectivity index (χ1) is 12.6. The van der Waals surface area contributed by atoms with E-state index in [2.05, 4.69) is 10.6 Å². The van der Waals surface area contributed by atoms with Gasteiger partial charge in [-0.05, 0) is 60.4 Å². The number of benzene rings is 2. The Hall–Kier alpha value is -3.15. The number of carbonyl (C=O) groups excluding carboxylic acids is 2. The van der Waals surface area contributed by atoms with Crippen molar-refractivity contribution >= 4 is 23.5 Å². The number of amides is 2. The largest absolute Gasteiger partial charge is 0.478 e. The Labute approximate surface area is 158 Å². The molecule has 3 N–H and O–H groups in total. The smallest absolute Gasteiger partial charge is 0.335 e. The van der Waals surface area contributed by atoms with Crippen molar-refractivity contribution in [3.05, 3.63) is 64.7 Å². The summed E-state index contributed by atoms with van der Waals surface area (Å²) in [7, 11) is 0. The van der Waals surface area contributed by atoms with Gasteiger partial charge in [0, 0.05) is 23.4 Å². The monoisotopic (exact) mass is 368 g/mol. The molecule has 6 nitrogen and oxygen atoms in total. The summed E-state index contributed by atoms with van der Waals surface area (Å²) in [5.74, 6) is -1.53. The molecule has 2 aromatic rings. The number of hydrogen-bond acceptors (Lipinski definition) is 3. The summed E-state index contributed by atoms with van der Waals surface area (Å²) in [6.45, 7) is 8.33. The number of aryl methyl sites for hydroxylation is 1. The molecular weight excluding hydrogens is 344 g/mol. The molecule has 0 aliphatic carbocycles. The molecule has 0 unspecified atom stereocenters. The predicted octanol–water partition coefficient (Wildman–Crippen LogP) is 3.72. The Bertz CT molecular complexity index is 865. The molecule has 0 spiro atoms. The fraction of sp³-hybridized carbons (Fsp3) is 0.286. The molecule has 0 saturated carbocycles. The lowest BCUT2D eigenvalue weighted by Gasteiger charge is -2.18. The van der Waals surface area contributed by atoms with Gasteiger partial charge in [0.2, 0.25) is 0 Å². The van der Waals surface area contributed by atoms with E-state index in [0.717, 1.165) is 0 Å². The molecule has 0 aliphatic rings. The quantitative estimate of drug-likeness (QED) is 0.749. The normalized spacial score (nSPS) is 11.0. The van der Waals surface area contributed by atoms with Gasteiger partial charge >= 0.3 is 5.97 Å². The van der Waals surface area contributed by atoms with E-state index >= 15 is 0 Å². The zero-order chi connectivity index (χ0) is 20.2. The highest BCUT2D eigenvalue weighted by Gasteiger charge is 2.14. The van der Waals surface area contributed by atoms with Crippen molar-refractivity contribution in [1.82, 2.24) is 5.32 Å². The fourth-order valence-corrected chi connectivity index (χ4v) is 2.41. The van der Waals surface area contributed by atoms with Crippen molar-refractivity contribution in [3.63, 3.8) is 0 Å². The van der Waals surface area contributed by atoms with Crippen LogP contribution in [-0.2, 0) is 0 Å². The van der Waals surface area contributed by atoms with E-state index in [1.807, 2.05) is 20.8 Å². The van der Waals surface area contributed by atoms with Crippen LogP contribution in [0.15, 0.2) is 42.5 Å². The average molecular weight is 368 g/mol. The molecule has 0 bridgehead atoms. The summed E-state index contributed by atoms with van der Waals surface area (Å²) in [5.41, 5.74) is 2.14. The maximum absolute atomic E-state index is 12.4. The van der Waals surface area contributed by atoms with Gasteiger partial charge in [-0.2, -0.15) is 0 Å². The van der Waals surface area contributed by atoms with E-state index in [9.17, 15) is 14.4 Å². The lowest BCUT2D eigenvalue weighted by Crippen LogP contribution is -2.32. The molecule has 0 saturated heterocycles. The minimum absolute atomic E-state index is 0.0101. The second-order valence-corrected chi connectivity index (χ2v) is 7.61. The van der Waals surface area contributed by atoms with Gasteiger partial charge in [-0.15, -0.1) is 0 Å². The van der Waals surface area contributed by atoms with Crippen molar-refractivity contribution in [2.45, 2.75) is 27.7 Å². The molecule has 2 aromatic carbocycles. The second kappa shape index (κ2) is 8.03. The lowest BCUT2D eigenvalue weighted by molar-refractivity contribution is 0.0695. The van der Waals surface area contributed by atoms with Crippen LogP contribution in [0.1, 0.15) is 57.4 Å². The van der Waals surface area contributed by atoms with Gasteiger partial charge in [-0.3, -0.25) is 9.59 Å². The number of aromatic carboxylic acids is 1. The van der Waals surface area contributed by atoms with Gasteiger partial charge in [0.05, 0.1) is 5.56 Å². The molecule has 0 aliphatic heterocycles. The molecule has 2 amide bonds. The lowest BCUT2D eigenvalue weighted by atomic mass is 9.97. The third kappa shape index (κ3) is 5.67. The van der Waals surface area contributed by atoms with Crippen LogP contribution in [0.2, 0.25) is 0 Å². The highest BCUT2D eigenvalue weighted by atomic mass is 16.4. The SMILES string of the molecule is Cc1cc(NC(=O)c2ccc(C(=O)NCC(C)(C)C)cc2)ccc1C(=O)O. The van der Waals surface area contributed by atoms with Crippen LogP contribution < -0.4 is 10.6 Å². The summed E-state index contributed by atoms with van der Waals surface area (Å²) in [4.78, 5) is 35.5. The topological polar surface area (TPSA) is 95.5 Å². The first-order valence-electron chi connectivity index (χ1n) is 8.60. The van der Waals surface area contributed by atoms with E-state index in [-0.39, 0.29) is 22.8 Å². The Balaban J connectivity index is 2.04. The molecule has 0 fully saturated rings. The van der Waals surface area contributed by atoms with E-state index in [4.69, 9.17) is 5.11 Å². The van der Waals surface area contributed by atoms with Gasteiger partial charge in [0.1, 0.15) is 0 Å². The van der Waals surface area contributed by atoms with Gasteiger partial charge in [0.25, 0.3) is 11.8 Å². The first-order valence-corrected chi connectivity index (χ1v) is 8.60. The standard InChI is InChI=1S/C21H24N2O4/c1-13-11-16(9-10-17(13)20(26)27)23-19(25)15-7-5-14(6-8-15)18(24)22-12-21(2,3)4/h5-11H,12H2,1-4H3,(H,22,24)(H,23,25)(H,26,27). The molecular formula is C21H24N2O4. The third-order valence-corrected chi connectivity index (χ3v) is 3.90. The number of carboxylic acid groups (broad SMARTS) is 1. The summed E-state index contributed by atoms with van der Waals surface area (Å²) in [6.07, 6.45) is 0. The van der Waals surface area contributed by atoms with E-state index < -0.39 is 5.97 Å². The number of nitrogens with one attached hydrogen (secondary N) is 2. The van der Waals surface area contributed by atoms with Crippen molar-refractivity contribution in [2.24, 2.45) is 5.41 Å². The number of hydrogen-bond donors (Lipinski definition) is 3. The van der Waals surface area contributed by atoms with Gasteiger partial charge < -0.3 is 15.7 Å². The average Bonchev–Trinajstić information content (AvgIpc) is 2.59. The van der Waals surface area contributed by atoms with Crippen LogP contribution in [0.4, 0.5) is 5.69 Å². The Morgan fingerprint density at radius 1 is 0.926 bits per heavy atom. The molecule has 0 atom stereocenters. The van der Waals surface area contributed by atoms with Crippen molar-refractivity contribution in [1.29, 1.82) is 0 Å². The molecule has 6 heteroatoms. The number of rotatable bonds is 5. The first kappa shape index (κ1) is 20.2. The van der Waals surface area contributed by atoms with Crippen molar-refractivity contribution < 1.29 is 19.5 Å². The third-order valence-electron chi connectivity index (χ3n) is 3.90. The molecule has 0 radical (unpaired) electrons. The maximum atomic E-state index is 12.4. The summed E-state index contributed by atoms with van der Waals surface area (Å²) in [5, 5.41) is 14.6. The Morgan fingerprint density at radius 3 is 1.96 bits per heavy atom. The Morgan fingerprint density at radius 2 is 1.48 bits per heavy atom. The highest BCUT2D eigenvalue weighted by molar-refractivity contribution is 6.05. The van der Waals surface area contributed by atoms with Gasteiger partial charge in [-0.25, -0.2) is 4.79 Å². The molecule has 27 heavy (non-hydrogen) atoms. The predicted molar refractivity (Wildman–Crippen MR) is 104 cm³/mol. The molecule has 142 valence electrons. The van der Waals surface area contributed by atoms with E-state index in [0.29, 0.717) is 28.9 Å². The molecule has 2 rings (SSSR count). The minimum Gasteiger partial charge on any atom is -0.478 e. The minimum atomic E-state index is -1.01. The van der Waals surface area contributed by atoms with Gasteiger partial charge in [0.15, 0.2) is 0 Å². The van der Waals surface area contributed by atoms with Crippen LogP contribution in [0.5, 0.6) is 0 Å². The molecule has 0 aromatic heterocycles. The van der Waals surface area contributed by atoms with Crippen molar-refractivity contribution in [3.8, 4) is 0 Å².